The van der Waals surface area contributed by atoms with Gasteiger partial charge in [0.05, 0.1) is 22.4 Å². The van der Waals surface area contributed by atoms with Crippen molar-refractivity contribution in [2.24, 2.45) is 0 Å². The zero-order valence-electron chi connectivity index (χ0n) is 15.7. The molecule has 1 fully saturated rings. The third kappa shape index (κ3) is 3.20. The molecule has 0 atom stereocenters. The fraction of sp³-hybridized carbons (Fsp3) is 0.500. The second-order valence-electron chi connectivity index (χ2n) is 7.75. The van der Waals surface area contributed by atoms with Crippen molar-refractivity contribution in [1.82, 2.24) is 4.98 Å². The second-order valence-corrected chi connectivity index (χ2v) is 7.75. The summed E-state index contributed by atoms with van der Waals surface area (Å²) in [5.74, 6) is 0. The Hall–Kier alpha value is -2.36. The number of fused-ring (bicyclic) bond motifs is 1. The van der Waals surface area contributed by atoms with E-state index in [9.17, 15) is 15.2 Å². The number of hydrogen-bond donors (Lipinski definition) is 2. The minimum Gasteiger partial charge on any atom is -0.386 e. The van der Waals surface area contributed by atoms with Crippen molar-refractivity contribution in [3.05, 3.63) is 39.7 Å². The summed E-state index contributed by atoms with van der Waals surface area (Å²) in [6.07, 6.45) is 1.63. The quantitative estimate of drug-likeness (QED) is 0.883. The van der Waals surface area contributed by atoms with Gasteiger partial charge in [-0.1, -0.05) is 6.07 Å². The van der Waals surface area contributed by atoms with Gasteiger partial charge in [-0.2, -0.15) is 5.26 Å². The Morgan fingerprint density at radius 3 is 2.54 bits per heavy atom. The summed E-state index contributed by atoms with van der Waals surface area (Å²) < 4.78 is 5.60. The number of aromatic nitrogens is 1. The molecule has 6 nitrogen and oxygen atoms in total. The summed E-state index contributed by atoms with van der Waals surface area (Å²) in [6.45, 7) is 6.91. The maximum atomic E-state index is 12.4. The lowest BCUT2D eigenvalue weighted by molar-refractivity contribution is -0.0132. The number of aromatic amines is 1. The van der Waals surface area contributed by atoms with Crippen molar-refractivity contribution in [3.63, 3.8) is 0 Å². The maximum Gasteiger partial charge on any atom is 0.268 e. The molecule has 2 aromatic rings. The first-order valence-electron chi connectivity index (χ1n) is 8.81. The zero-order chi connectivity index (χ0) is 19.1. The monoisotopic (exact) mass is 355 g/mol. The van der Waals surface area contributed by atoms with Gasteiger partial charge in [-0.05, 0) is 51.3 Å². The lowest BCUT2D eigenvalue weighted by Gasteiger charge is -2.40. The van der Waals surface area contributed by atoms with Crippen molar-refractivity contribution in [2.45, 2.75) is 44.8 Å². The maximum absolute atomic E-state index is 12.4. The number of methoxy groups -OCH3 is 1. The van der Waals surface area contributed by atoms with E-state index in [1.165, 1.54) is 0 Å². The van der Waals surface area contributed by atoms with Gasteiger partial charge >= 0.3 is 0 Å². The molecule has 1 aromatic heterocycles. The minimum atomic E-state index is -1.01. The molecule has 0 spiro atoms. The summed E-state index contributed by atoms with van der Waals surface area (Å²) in [5, 5.41) is 20.7. The van der Waals surface area contributed by atoms with Crippen LogP contribution >= 0.6 is 0 Å². The third-order valence-electron chi connectivity index (χ3n) is 5.44. The van der Waals surface area contributed by atoms with Crippen molar-refractivity contribution >= 4 is 16.6 Å². The van der Waals surface area contributed by atoms with Crippen LogP contribution in [-0.4, -0.2) is 35.9 Å². The van der Waals surface area contributed by atoms with Crippen LogP contribution in [0, 0.1) is 11.3 Å². The number of nitriles is 1. The largest absolute Gasteiger partial charge is 0.386 e. The standard InChI is InChI=1S/C20H25N3O3/c1-19(2,25)13-5-6-16-14(11-13)17(15(12-21)18(24)22-16)23-9-7-20(3,26-4)8-10-23/h5-6,11,25H,7-10H2,1-4H3,(H,22,24). The molecule has 26 heavy (non-hydrogen) atoms. The van der Waals surface area contributed by atoms with Crippen LogP contribution in [-0.2, 0) is 10.3 Å². The first kappa shape index (κ1) is 18.4. The molecule has 0 aliphatic carbocycles. The minimum absolute atomic E-state index is 0.117. The van der Waals surface area contributed by atoms with Gasteiger partial charge in [0, 0.05) is 25.6 Å². The van der Waals surface area contributed by atoms with Crippen LogP contribution in [0.25, 0.3) is 10.9 Å². The molecule has 1 aliphatic rings. The first-order valence-corrected chi connectivity index (χ1v) is 8.81. The van der Waals surface area contributed by atoms with Gasteiger partial charge in [0.25, 0.3) is 5.56 Å². The number of H-pyrrole nitrogens is 1. The van der Waals surface area contributed by atoms with E-state index in [1.807, 2.05) is 6.07 Å². The lowest BCUT2D eigenvalue weighted by Crippen LogP contribution is -2.44. The fourth-order valence-corrected chi connectivity index (χ4v) is 3.50. The van der Waals surface area contributed by atoms with Gasteiger partial charge < -0.3 is 19.7 Å². The predicted octanol–water partition coefficient (Wildman–Crippen LogP) is 2.63. The number of piperidine rings is 1. The summed E-state index contributed by atoms with van der Waals surface area (Å²) >= 11 is 0. The van der Waals surface area contributed by atoms with Crippen LogP contribution in [0.4, 0.5) is 5.69 Å². The Morgan fingerprint density at radius 1 is 1.35 bits per heavy atom. The molecule has 0 amide bonds. The van der Waals surface area contributed by atoms with Crippen LogP contribution in [0.2, 0.25) is 0 Å². The highest BCUT2D eigenvalue weighted by atomic mass is 16.5. The van der Waals surface area contributed by atoms with E-state index >= 15 is 0 Å². The zero-order valence-corrected chi connectivity index (χ0v) is 15.7. The van der Waals surface area contributed by atoms with Crippen molar-refractivity contribution < 1.29 is 9.84 Å². The van der Waals surface area contributed by atoms with Crippen molar-refractivity contribution in [3.8, 4) is 6.07 Å². The number of nitrogens with one attached hydrogen (secondary N) is 1. The SMILES string of the molecule is COC1(C)CCN(c2c(C#N)c(=O)[nH]c3ccc(C(C)(C)O)cc23)CC1. The molecule has 1 aromatic carbocycles. The Kier molecular flexibility index (Phi) is 4.55. The van der Waals surface area contributed by atoms with Gasteiger partial charge in [0.2, 0.25) is 0 Å². The van der Waals surface area contributed by atoms with E-state index < -0.39 is 5.60 Å². The number of ether oxygens (including phenoxy) is 1. The van der Waals surface area contributed by atoms with Crippen LogP contribution < -0.4 is 10.5 Å². The average Bonchev–Trinajstić information content (AvgIpc) is 2.60. The molecule has 0 radical (unpaired) electrons. The number of rotatable bonds is 3. The Balaban J connectivity index is 2.19. The predicted molar refractivity (Wildman–Crippen MR) is 101 cm³/mol. The van der Waals surface area contributed by atoms with Crippen LogP contribution in [0.15, 0.2) is 23.0 Å². The first-order chi connectivity index (χ1) is 12.2. The summed E-state index contributed by atoms with van der Waals surface area (Å²) in [7, 11) is 1.72. The molecule has 0 unspecified atom stereocenters. The van der Waals surface area contributed by atoms with E-state index in [0.717, 1.165) is 23.8 Å². The molecular formula is C20H25N3O3. The molecule has 138 valence electrons. The number of aliphatic hydroxyl groups is 1. The highest BCUT2D eigenvalue weighted by Crippen LogP contribution is 2.35. The number of pyridine rings is 1. The van der Waals surface area contributed by atoms with E-state index in [1.54, 1.807) is 33.1 Å². The molecule has 0 bridgehead atoms. The number of benzene rings is 1. The molecule has 0 saturated carbocycles. The van der Waals surface area contributed by atoms with E-state index in [0.29, 0.717) is 24.3 Å². The summed E-state index contributed by atoms with van der Waals surface area (Å²) in [6, 6.07) is 7.52. The van der Waals surface area contributed by atoms with Gasteiger partial charge in [0.1, 0.15) is 11.6 Å². The number of nitrogens with zero attached hydrogens (tertiary/aromatic N) is 2. The van der Waals surface area contributed by atoms with E-state index in [2.05, 4.69) is 22.9 Å². The highest BCUT2D eigenvalue weighted by molar-refractivity contribution is 5.95. The molecular weight excluding hydrogens is 330 g/mol. The van der Waals surface area contributed by atoms with Gasteiger partial charge in [0.15, 0.2) is 0 Å². The Labute approximate surface area is 153 Å². The lowest BCUT2D eigenvalue weighted by atomic mass is 9.91. The number of hydrogen-bond acceptors (Lipinski definition) is 5. The fourth-order valence-electron chi connectivity index (χ4n) is 3.50. The van der Waals surface area contributed by atoms with Gasteiger partial charge in [-0.25, -0.2) is 0 Å². The summed E-state index contributed by atoms with van der Waals surface area (Å²) in [5.41, 5.74) is 0.592. The number of anilines is 1. The molecule has 1 saturated heterocycles. The normalized spacial score (nSPS) is 17.3. The van der Waals surface area contributed by atoms with Crippen molar-refractivity contribution in [2.75, 3.05) is 25.1 Å². The molecule has 6 heteroatoms. The Morgan fingerprint density at radius 2 is 2.00 bits per heavy atom. The summed E-state index contributed by atoms with van der Waals surface area (Å²) in [4.78, 5) is 17.3. The second kappa shape index (κ2) is 6.42. The molecule has 2 heterocycles. The van der Waals surface area contributed by atoms with Crippen LogP contribution in [0.5, 0.6) is 0 Å². The Bertz CT molecular complexity index is 926. The van der Waals surface area contributed by atoms with Crippen LogP contribution in [0.3, 0.4) is 0 Å². The van der Waals surface area contributed by atoms with Gasteiger partial charge in [-0.3, -0.25) is 4.79 Å². The molecule has 1 aliphatic heterocycles. The topological polar surface area (TPSA) is 89.4 Å². The smallest absolute Gasteiger partial charge is 0.268 e. The van der Waals surface area contributed by atoms with Crippen LogP contribution in [0.1, 0.15) is 44.7 Å². The molecule has 2 N–H and O–H groups in total. The average molecular weight is 355 g/mol. The highest BCUT2D eigenvalue weighted by Gasteiger charge is 2.32. The van der Waals surface area contributed by atoms with Crippen molar-refractivity contribution in [1.29, 1.82) is 5.26 Å². The van der Waals surface area contributed by atoms with E-state index in [4.69, 9.17) is 4.74 Å². The third-order valence-corrected chi connectivity index (χ3v) is 5.44. The van der Waals surface area contributed by atoms with E-state index in [-0.39, 0.29) is 16.7 Å². The molecule has 3 rings (SSSR count). The van der Waals surface area contributed by atoms with Gasteiger partial charge in [-0.15, -0.1) is 0 Å².